The first-order chi connectivity index (χ1) is 11.0. The van der Waals surface area contributed by atoms with Crippen LogP contribution in [-0.4, -0.2) is 23.2 Å². The second-order valence-electron chi connectivity index (χ2n) is 5.47. The smallest absolute Gasteiger partial charge is 0.311 e. The number of hydrogen-bond acceptors (Lipinski definition) is 2. The van der Waals surface area contributed by atoms with E-state index in [-0.39, 0.29) is 17.1 Å². The van der Waals surface area contributed by atoms with Crippen molar-refractivity contribution in [3.8, 4) is 0 Å². The lowest BCUT2D eigenvalue weighted by Gasteiger charge is -2.29. The van der Waals surface area contributed by atoms with Gasteiger partial charge in [0.2, 0.25) is 0 Å². The Morgan fingerprint density at radius 3 is 2.30 bits per heavy atom. The van der Waals surface area contributed by atoms with Crippen LogP contribution in [0.25, 0.3) is 0 Å². The van der Waals surface area contributed by atoms with Crippen LogP contribution in [-0.2, 0) is 0 Å². The highest BCUT2D eigenvalue weighted by Gasteiger charge is 2.23. The van der Waals surface area contributed by atoms with Crippen LogP contribution in [0.15, 0.2) is 54.6 Å². The van der Waals surface area contributed by atoms with Crippen LogP contribution in [0.1, 0.15) is 24.8 Å². The Balaban J connectivity index is 2.18. The zero-order valence-electron chi connectivity index (χ0n) is 13.5. The van der Waals surface area contributed by atoms with Crippen LogP contribution in [0.4, 0.5) is 14.9 Å². The molecule has 0 saturated heterocycles. The number of halogens is 1. The Morgan fingerprint density at radius 1 is 1.09 bits per heavy atom. The summed E-state index contributed by atoms with van der Waals surface area (Å²) >= 11 is 1.68. The number of nitrogens with zero attached hydrogens (tertiary/aromatic N) is 1. The molecule has 1 unspecified atom stereocenters. The van der Waals surface area contributed by atoms with Crippen LogP contribution < -0.4 is 5.32 Å². The number of rotatable bonds is 5. The lowest BCUT2D eigenvalue weighted by atomic mass is 10.2. The minimum Gasteiger partial charge on any atom is -0.311 e. The maximum absolute atomic E-state index is 13.7. The largest absolute Gasteiger partial charge is 0.322 e. The summed E-state index contributed by atoms with van der Waals surface area (Å²) in [4.78, 5) is 14.1. The molecule has 0 bridgehead atoms. The summed E-state index contributed by atoms with van der Waals surface area (Å²) < 4.78 is 13.7. The van der Waals surface area contributed by atoms with Crippen LogP contribution >= 0.6 is 11.8 Å². The van der Waals surface area contributed by atoms with Gasteiger partial charge in [0, 0.05) is 12.3 Å². The zero-order valence-corrected chi connectivity index (χ0v) is 14.3. The van der Waals surface area contributed by atoms with Gasteiger partial charge in [-0.3, -0.25) is 0 Å². The van der Waals surface area contributed by atoms with E-state index in [9.17, 15) is 9.18 Å². The van der Waals surface area contributed by atoms with E-state index in [1.54, 1.807) is 41.9 Å². The van der Waals surface area contributed by atoms with Crippen molar-refractivity contribution in [2.45, 2.75) is 24.5 Å². The van der Waals surface area contributed by atoms with Gasteiger partial charge in [-0.05, 0) is 17.7 Å². The molecule has 2 aromatic carbocycles. The third-order valence-corrected chi connectivity index (χ3v) is 4.66. The fraction of sp³-hybridized carbons (Fsp3) is 0.278. The van der Waals surface area contributed by atoms with E-state index in [1.807, 2.05) is 30.3 Å². The molecule has 122 valence electrons. The first-order valence-electron chi connectivity index (χ1n) is 7.47. The topological polar surface area (TPSA) is 32.3 Å². The van der Waals surface area contributed by atoms with E-state index in [4.69, 9.17) is 0 Å². The van der Waals surface area contributed by atoms with Crippen molar-refractivity contribution in [1.82, 2.24) is 4.90 Å². The molecule has 5 heteroatoms. The highest BCUT2D eigenvalue weighted by Crippen LogP contribution is 2.34. The van der Waals surface area contributed by atoms with E-state index in [0.717, 1.165) is 5.56 Å². The molecule has 0 aromatic heterocycles. The average molecular weight is 332 g/mol. The standard InChI is InChI=1S/C18H21FN2OS/c1-13(2)23-17(14-9-5-4-6-10-14)21(3)18(22)20-16-12-8-7-11-15(16)19/h4-13,17H,1-3H3,(H,20,22). The summed E-state index contributed by atoms with van der Waals surface area (Å²) in [6, 6.07) is 15.7. The Labute approximate surface area is 140 Å². The monoisotopic (exact) mass is 332 g/mol. The van der Waals surface area contributed by atoms with Gasteiger partial charge < -0.3 is 10.2 Å². The number of amides is 2. The van der Waals surface area contributed by atoms with Crippen LogP contribution in [0.3, 0.4) is 0 Å². The van der Waals surface area contributed by atoms with E-state index < -0.39 is 5.82 Å². The third kappa shape index (κ3) is 4.73. The van der Waals surface area contributed by atoms with Gasteiger partial charge in [0.15, 0.2) is 0 Å². The fourth-order valence-electron chi connectivity index (χ4n) is 2.14. The summed E-state index contributed by atoms with van der Waals surface area (Å²) in [5.41, 5.74) is 1.23. The molecular formula is C18H21FN2OS. The van der Waals surface area contributed by atoms with Gasteiger partial charge in [0.1, 0.15) is 11.2 Å². The zero-order chi connectivity index (χ0) is 16.8. The number of hydrogen-bond donors (Lipinski definition) is 1. The maximum atomic E-state index is 13.7. The minimum atomic E-state index is -0.443. The molecule has 2 amide bonds. The molecule has 1 atom stereocenters. The van der Waals surface area contributed by atoms with Gasteiger partial charge in [0.25, 0.3) is 0 Å². The first kappa shape index (κ1) is 17.3. The molecule has 0 fully saturated rings. The van der Waals surface area contributed by atoms with Crippen molar-refractivity contribution < 1.29 is 9.18 Å². The van der Waals surface area contributed by atoms with Crippen molar-refractivity contribution in [3.05, 3.63) is 66.0 Å². The number of carbonyl (C=O) groups excluding carboxylic acids is 1. The van der Waals surface area contributed by atoms with Gasteiger partial charge in [-0.2, -0.15) is 0 Å². The van der Waals surface area contributed by atoms with Crippen molar-refractivity contribution >= 4 is 23.5 Å². The van der Waals surface area contributed by atoms with Crippen molar-refractivity contribution in [2.75, 3.05) is 12.4 Å². The lowest BCUT2D eigenvalue weighted by molar-refractivity contribution is 0.219. The van der Waals surface area contributed by atoms with E-state index in [1.165, 1.54) is 6.07 Å². The van der Waals surface area contributed by atoms with Gasteiger partial charge in [-0.25, -0.2) is 9.18 Å². The number of para-hydroxylation sites is 1. The molecule has 0 heterocycles. The first-order valence-corrected chi connectivity index (χ1v) is 8.42. The van der Waals surface area contributed by atoms with Crippen LogP contribution in [0.2, 0.25) is 0 Å². The molecule has 0 aliphatic rings. The van der Waals surface area contributed by atoms with Gasteiger partial charge in [-0.15, -0.1) is 11.8 Å². The number of thioether (sulfide) groups is 1. The van der Waals surface area contributed by atoms with E-state index in [0.29, 0.717) is 5.25 Å². The molecule has 0 aliphatic carbocycles. The highest BCUT2D eigenvalue weighted by molar-refractivity contribution is 8.00. The molecular weight excluding hydrogens is 311 g/mol. The second-order valence-corrected chi connectivity index (χ2v) is 7.13. The van der Waals surface area contributed by atoms with Crippen molar-refractivity contribution in [2.24, 2.45) is 0 Å². The molecule has 3 nitrogen and oxygen atoms in total. The summed E-state index contributed by atoms with van der Waals surface area (Å²) in [6.07, 6.45) is 0. The van der Waals surface area contributed by atoms with Crippen molar-refractivity contribution in [1.29, 1.82) is 0 Å². The maximum Gasteiger partial charge on any atom is 0.322 e. The second kappa shape index (κ2) is 8.02. The fourth-order valence-corrected chi connectivity index (χ4v) is 3.25. The molecule has 1 N–H and O–H groups in total. The highest BCUT2D eigenvalue weighted by atomic mass is 32.2. The van der Waals surface area contributed by atoms with Gasteiger partial charge in [-0.1, -0.05) is 56.3 Å². The SMILES string of the molecule is CC(C)SC(c1ccccc1)N(C)C(=O)Nc1ccccc1F. The number of nitrogens with one attached hydrogen (secondary N) is 1. The summed E-state index contributed by atoms with van der Waals surface area (Å²) in [6.45, 7) is 4.17. The summed E-state index contributed by atoms with van der Waals surface area (Å²) in [5.74, 6) is -0.443. The van der Waals surface area contributed by atoms with Crippen LogP contribution in [0, 0.1) is 5.82 Å². The quantitative estimate of drug-likeness (QED) is 0.770. The summed E-state index contributed by atoms with van der Waals surface area (Å²) in [7, 11) is 1.73. The number of urea groups is 1. The van der Waals surface area contributed by atoms with E-state index >= 15 is 0 Å². The summed E-state index contributed by atoms with van der Waals surface area (Å²) in [5, 5.41) is 2.85. The predicted octanol–water partition coefficient (Wildman–Crippen LogP) is 5.13. The lowest BCUT2D eigenvalue weighted by Crippen LogP contribution is -2.34. The Morgan fingerprint density at radius 2 is 1.70 bits per heavy atom. The normalized spacial score (nSPS) is 12.0. The molecule has 2 aromatic rings. The minimum absolute atomic E-state index is 0.136. The molecule has 0 radical (unpaired) electrons. The average Bonchev–Trinajstić information content (AvgIpc) is 2.54. The number of benzene rings is 2. The number of carbonyl (C=O) groups is 1. The third-order valence-electron chi connectivity index (χ3n) is 3.27. The Kier molecular flexibility index (Phi) is 6.04. The van der Waals surface area contributed by atoms with Crippen molar-refractivity contribution in [3.63, 3.8) is 0 Å². The van der Waals surface area contributed by atoms with Gasteiger partial charge in [0.05, 0.1) is 5.69 Å². The molecule has 0 spiro atoms. The molecule has 2 rings (SSSR count). The number of anilines is 1. The molecule has 0 aliphatic heterocycles. The van der Waals surface area contributed by atoms with Gasteiger partial charge >= 0.3 is 6.03 Å². The van der Waals surface area contributed by atoms with E-state index in [2.05, 4.69) is 19.2 Å². The predicted molar refractivity (Wildman–Crippen MR) is 95.1 cm³/mol. The molecule has 23 heavy (non-hydrogen) atoms. The Hall–Kier alpha value is -2.01. The van der Waals surface area contributed by atoms with Crippen LogP contribution in [0.5, 0.6) is 0 Å². The molecule has 0 saturated carbocycles. The Bertz CT molecular complexity index is 648.